The lowest BCUT2D eigenvalue weighted by molar-refractivity contribution is -0.0716. The number of halogens is 1. The van der Waals surface area contributed by atoms with Crippen LogP contribution < -0.4 is 15.4 Å². The van der Waals surface area contributed by atoms with E-state index in [2.05, 4.69) is 4.84 Å². The predicted molar refractivity (Wildman–Crippen MR) is 62.9 cm³/mol. The van der Waals surface area contributed by atoms with E-state index in [9.17, 15) is 0 Å². The van der Waals surface area contributed by atoms with Gasteiger partial charge < -0.3 is 9.47 Å². The van der Waals surface area contributed by atoms with Gasteiger partial charge in [-0.3, -0.25) is 4.84 Å². The highest BCUT2D eigenvalue weighted by atomic mass is 35.5. The van der Waals surface area contributed by atoms with Gasteiger partial charge in [0.1, 0.15) is 0 Å². The number of nitrogens with two attached hydrogens (primary N) is 1. The Balaban J connectivity index is 1.92. The van der Waals surface area contributed by atoms with Gasteiger partial charge in [0.15, 0.2) is 11.5 Å². The molecule has 92 valence electrons. The maximum absolute atomic E-state index is 6.11. The van der Waals surface area contributed by atoms with Crippen molar-refractivity contribution in [2.75, 3.05) is 0 Å². The van der Waals surface area contributed by atoms with Crippen molar-refractivity contribution in [3.05, 3.63) is 22.7 Å². The topological polar surface area (TPSA) is 53.7 Å². The third-order valence-corrected chi connectivity index (χ3v) is 3.66. The molecule has 1 spiro atoms. The van der Waals surface area contributed by atoms with Gasteiger partial charge in [0.05, 0.1) is 11.6 Å². The first-order chi connectivity index (χ1) is 8.22. The molecule has 1 heterocycles. The molecule has 0 bridgehead atoms. The van der Waals surface area contributed by atoms with E-state index in [0.29, 0.717) is 5.02 Å². The van der Waals surface area contributed by atoms with Crippen LogP contribution in [0.1, 0.15) is 31.2 Å². The second kappa shape index (κ2) is 4.05. The zero-order valence-electron chi connectivity index (χ0n) is 9.37. The van der Waals surface area contributed by atoms with Crippen LogP contribution in [0.5, 0.6) is 11.5 Å². The van der Waals surface area contributed by atoms with Gasteiger partial charge in [0.2, 0.25) is 0 Å². The molecule has 4 nitrogen and oxygen atoms in total. The molecule has 1 aromatic carbocycles. The molecule has 0 amide bonds. The zero-order valence-corrected chi connectivity index (χ0v) is 10.1. The maximum atomic E-state index is 6.11. The van der Waals surface area contributed by atoms with Crippen LogP contribution in [0, 0.1) is 0 Å². The highest BCUT2D eigenvalue weighted by molar-refractivity contribution is 6.31. The largest absolute Gasteiger partial charge is 0.448 e. The van der Waals surface area contributed by atoms with E-state index < -0.39 is 5.79 Å². The first-order valence-electron chi connectivity index (χ1n) is 5.75. The summed E-state index contributed by atoms with van der Waals surface area (Å²) in [6.45, 7) is 0.266. The van der Waals surface area contributed by atoms with Crippen LogP contribution in [0.4, 0.5) is 0 Å². The van der Waals surface area contributed by atoms with Gasteiger partial charge in [-0.15, -0.1) is 0 Å². The Labute approximate surface area is 105 Å². The lowest BCUT2D eigenvalue weighted by atomic mass is 10.2. The van der Waals surface area contributed by atoms with E-state index in [1.54, 1.807) is 6.07 Å². The number of hydrogen-bond donors (Lipinski definition) is 1. The van der Waals surface area contributed by atoms with Crippen molar-refractivity contribution >= 4 is 11.6 Å². The summed E-state index contributed by atoms with van der Waals surface area (Å²) < 4.78 is 11.8. The quantitative estimate of drug-likeness (QED) is 0.826. The smallest absolute Gasteiger partial charge is 0.251 e. The summed E-state index contributed by atoms with van der Waals surface area (Å²) in [4.78, 5) is 4.60. The molecule has 0 unspecified atom stereocenters. The van der Waals surface area contributed by atoms with Crippen LogP contribution in [-0.4, -0.2) is 5.79 Å². The fourth-order valence-corrected chi connectivity index (χ4v) is 2.68. The third kappa shape index (κ3) is 1.86. The minimum Gasteiger partial charge on any atom is -0.448 e. The van der Waals surface area contributed by atoms with E-state index in [1.807, 2.05) is 6.07 Å². The van der Waals surface area contributed by atoms with Crippen LogP contribution in [0.2, 0.25) is 5.02 Å². The SMILES string of the molecule is NOCc1cc2c(cc1Cl)OC1(CCCC1)O2. The highest BCUT2D eigenvalue weighted by Gasteiger charge is 2.44. The van der Waals surface area contributed by atoms with Gasteiger partial charge in [-0.05, 0) is 18.9 Å². The molecule has 1 saturated carbocycles. The van der Waals surface area contributed by atoms with Crippen molar-refractivity contribution in [3.8, 4) is 11.5 Å². The van der Waals surface area contributed by atoms with Gasteiger partial charge in [-0.1, -0.05) is 11.6 Å². The van der Waals surface area contributed by atoms with Crippen molar-refractivity contribution in [1.82, 2.24) is 0 Å². The van der Waals surface area contributed by atoms with Gasteiger partial charge in [0.25, 0.3) is 5.79 Å². The zero-order chi connectivity index (χ0) is 11.9. The summed E-state index contributed by atoms with van der Waals surface area (Å²) in [6.07, 6.45) is 4.14. The minimum absolute atomic E-state index is 0.266. The molecule has 17 heavy (non-hydrogen) atoms. The molecule has 1 aliphatic heterocycles. The first-order valence-corrected chi connectivity index (χ1v) is 6.12. The van der Waals surface area contributed by atoms with Crippen LogP contribution in [0.3, 0.4) is 0 Å². The summed E-state index contributed by atoms with van der Waals surface area (Å²) in [5.41, 5.74) is 0.812. The van der Waals surface area contributed by atoms with E-state index >= 15 is 0 Å². The Bertz CT molecular complexity index is 444. The molecule has 1 fully saturated rings. The summed E-state index contributed by atoms with van der Waals surface area (Å²) in [6, 6.07) is 3.62. The van der Waals surface area contributed by atoms with E-state index in [0.717, 1.165) is 42.7 Å². The van der Waals surface area contributed by atoms with Crippen molar-refractivity contribution in [3.63, 3.8) is 0 Å². The molecule has 5 heteroatoms. The molecule has 2 N–H and O–H groups in total. The number of benzene rings is 1. The van der Waals surface area contributed by atoms with E-state index in [-0.39, 0.29) is 6.61 Å². The Morgan fingerprint density at radius 1 is 1.24 bits per heavy atom. The van der Waals surface area contributed by atoms with Crippen molar-refractivity contribution in [2.45, 2.75) is 38.1 Å². The molecule has 3 rings (SSSR count). The molecular weight excluding hydrogens is 242 g/mol. The predicted octanol–water partition coefficient (Wildman–Crippen LogP) is 2.77. The Hall–Kier alpha value is -0.970. The van der Waals surface area contributed by atoms with Crippen LogP contribution in [0.15, 0.2) is 12.1 Å². The highest BCUT2D eigenvalue weighted by Crippen LogP contribution is 2.48. The van der Waals surface area contributed by atoms with Crippen molar-refractivity contribution in [2.24, 2.45) is 5.90 Å². The van der Waals surface area contributed by atoms with E-state index in [4.69, 9.17) is 27.0 Å². The lowest BCUT2D eigenvalue weighted by Gasteiger charge is -2.21. The lowest BCUT2D eigenvalue weighted by Crippen LogP contribution is -2.34. The second-order valence-electron chi connectivity index (χ2n) is 4.52. The van der Waals surface area contributed by atoms with Crippen LogP contribution in [-0.2, 0) is 11.4 Å². The molecule has 1 aromatic rings. The van der Waals surface area contributed by atoms with Crippen molar-refractivity contribution < 1.29 is 14.3 Å². The molecule has 0 saturated heterocycles. The summed E-state index contributed by atoms with van der Waals surface area (Å²) in [7, 11) is 0. The third-order valence-electron chi connectivity index (χ3n) is 3.31. The van der Waals surface area contributed by atoms with Gasteiger partial charge >= 0.3 is 0 Å². The molecule has 1 aliphatic carbocycles. The molecule has 0 radical (unpaired) electrons. The molecule has 2 aliphatic rings. The standard InChI is InChI=1S/C12H14ClNO3/c13-9-6-11-10(5-8(9)7-15-14)16-12(17-11)3-1-2-4-12/h5-6H,1-4,7,14H2. The number of ether oxygens (including phenoxy) is 2. The number of fused-ring (bicyclic) bond motifs is 1. The Morgan fingerprint density at radius 2 is 1.88 bits per heavy atom. The van der Waals surface area contributed by atoms with Crippen molar-refractivity contribution in [1.29, 1.82) is 0 Å². The average molecular weight is 256 g/mol. The number of rotatable bonds is 2. The minimum atomic E-state index is -0.451. The average Bonchev–Trinajstić information content (AvgIpc) is 2.87. The first kappa shape index (κ1) is 11.1. The van der Waals surface area contributed by atoms with E-state index in [1.165, 1.54) is 0 Å². The molecular formula is C12H14ClNO3. The summed E-state index contributed by atoms with van der Waals surface area (Å²) in [5.74, 6) is 6.07. The van der Waals surface area contributed by atoms with Crippen LogP contribution in [0.25, 0.3) is 0 Å². The van der Waals surface area contributed by atoms with Crippen LogP contribution >= 0.6 is 11.6 Å². The number of hydrogen-bond acceptors (Lipinski definition) is 4. The fourth-order valence-electron chi connectivity index (χ4n) is 2.48. The fraction of sp³-hybridized carbons (Fsp3) is 0.500. The molecule has 0 aromatic heterocycles. The second-order valence-corrected chi connectivity index (χ2v) is 4.93. The molecule has 0 atom stereocenters. The normalized spacial score (nSPS) is 20.1. The Morgan fingerprint density at radius 3 is 2.53 bits per heavy atom. The summed E-state index contributed by atoms with van der Waals surface area (Å²) >= 11 is 6.11. The van der Waals surface area contributed by atoms with Gasteiger partial charge in [-0.25, -0.2) is 5.90 Å². The van der Waals surface area contributed by atoms with Gasteiger partial charge in [0, 0.05) is 24.5 Å². The van der Waals surface area contributed by atoms with Gasteiger partial charge in [-0.2, -0.15) is 0 Å². The summed E-state index contributed by atoms with van der Waals surface area (Å²) in [5, 5.41) is 0.591. The Kier molecular flexibility index (Phi) is 2.65. The monoisotopic (exact) mass is 255 g/mol. The maximum Gasteiger partial charge on any atom is 0.251 e.